The number of rotatable bonds is 6. The Balaban J connectivity index is 1.59. The van der Waals surface area contributed by atoms with Crippen molar-refractivity contribution in [2.45, 2.75) is 31.9 Å². The molecule has 0 radical (unpaired) electrons. The van der Waals surface area contributed by atoms with Crippen LogP contribution in [0.5, 0.6) is 0 Å². The summed E-state index contributed by atoms with van der Waals surface area (Å²) in [4.78, 5) is 2.02. The SMILES string of the molecule is CC(C)c1ccc(CS(=O)(=O)N=CC2CCN(c3ccc(C#N)nn3)C2)cc1. The first-order valence-electron chi connectivity index (χ1n) is 9.22. The van der Waals surface area contributed by atoms with Crippen molar-refractivity contribution in [1.82, 2.24) is 10.2 Å². The summed E-state index contributed by atoms with van der Waals surface area (Å²) in [7, 11) is -3.56. The summed E-state index contributed by atoms with van der Waals surface area (Å²) in [5.41, 5.74) is 2.19. The molecule has 0 spiro atoms. The monoisotopic (exact) mass is 397 g/mol. The van der Waals surface area contributed by atoms with Crippen molar-refractivity contribution in [3.8, 4) is 6.07 Å². The van der Waals surface area contributed by atoms with E-state index in [-0.39, 0.29) is 17.4 Å². The van der Waals surface area contributed by atoms with Gasteiger partial charge < -0.3 is 4.90 Å². The molecule has 0 saturated carbocycles. The van der Waals surface area contributed by atoms with Crippen molar-refractivity contribution in [2.24, 2.45) is 10.3 Å². The van der Waals surface area contributed by atoms with Gasteiger partial charge in [-0.1, -0.05) is 38.1 Å². The molecule has 146 valence electrons. The van der Waals surface area contributed by atoms with Crippen molar-refractivity contribution >= 4 is 22.1 Å². The standard InChI is InChI=1S/C20H23N5O2S/c1-15(2)18-5-3-16(4-6-18)14-28(26,27)22-12-17-9-10-25(13-17)20-8-7-19(11-21)23-24-20/h3-8,12,15,17H,9-10,13-14H2,1-2H3. The second kappa shape index (κ2) is 8.48. The van der Waals surface area contributed by atoms with Crippen molar-refractivity contribution in [2.75, 3.05) is 18.0 Å². The van der Waals surface area contributed by atoms with Gasteiger partial charge in [-0.3, -0.25) is 0 Å². The molecule has 2 heterocycles. The number of nitriles is 1. The van der Waals surface area contributed by atoms with E-state index in [0.717, 1.165) is 18.5 Å². The molecule has 1 atom stereocenters. The molecule has 0 N–H and O–H groups in total. The number of benzene rings is 1. The number of sulfonamides is 1. The lowest BCUT2D eigenvalue weighted by Gasteiger charge is -2.15. The van der Waals surface area contributed by atoms with Crippen LogP contribution in [0.4, 0.5) is 5.82 Å². The van der Waals surface area contributed by atoms with Crippen molar-refractivity contribution in [3.63, 3.8) is 0 Å². The first-order chi connectivity index (χ1) is 13.4. The van der Waals surface area contributed by atoms with Gasteiger partial charge >= 0.3 is 0 Å². The highest BCUT2D eigenvalue weighted by atomic mass is 32.2. The highest BCUT2D eigenvalue weighted by Crippen LogP contribution is 2.21. The van der Waals surface area contributed by atoms with Crippen molar-refractivity contribution in [3.05, 3.63) is 53.2 Å². The van der Waals surface area contributed by atoms with E-state index < -0.39 is 10.0 Å². The maximum absolute atomic E-state index is 12.3. The lowest BCUT2D eigenvalue weighted by Crippen LogP contribution is -2.21. The molecule has 1 unspecified atom stereocenters. The van der Waals surface area contributed by atoms with Gasteiger partial charge in [0, 0.05) is 25.2 Å². The zero-order valence-electron chi connectivity index (χ0n) is 16.0. The molecule has 0 bridgehead atoms. The smallest absolute Gasteiger partial charge is 0.256 e. The van der Waals surface area contributed by atoms with E-state index in [0.29, 0.717) is 18.3 Å². The molecular formula is C20H23N5O2S. The average Bonchev–Trinajstić information content (AvgIpc) is 3.16. The zero-order valence-corrected chi connectivity index (χ0v) is 16.8. The highest BCUT2D eigenvalue weighted by molar-refractivity contribution is 7.89. The summed E-state index contributed by atoms with van der Waals surface area (Å²) in [6.45, 7) is 5.57. The van der Waals surface area contributed by atoms with E-state index in [1.54, 1.807) is 12.1 Å². The molecule has 1 aliphatic heterocycles. The van der Waals surface area contributed by atoms with Crippen LogP contribution in [0.3, 0.4) is 0 Å². The molecule has 1 aromatic heterocycles. The molecule has 1 aromatic carbocycles. The van der Waals surface area contributed by atoms with Crippen molar-refractivity contribution < 1.29 is 8.42 Å². The second-order valence-corrected chi connectivity index (χ2v) is 8.92. The van der Waals surface area contributed by atoms with Crippen LogP contribution in [0, 0.1) is 17.2 Å². The first-order valence-corrected chi connectivity index (χ1v) is 10.8. The molecular weight excluding hydrogens is 374 g/mol. The average molecular weight is 398 g/mol. The van der Waals surface area contributed by atoms with E-state index in [1.165, 1.54) is 11.8 Å². The Morgan fingerprint density at radius 1 is 1.25 bits per heavy atom. The number of anilines is 1. The molecule has 1 saturated heterocycles. The Labute approximate surface area is 165 Å². The highest BCUT2D eigenvalue weighted by Gasteiger charge is 2.23. The molecule has 3 rings (SSSR count). The molecule has 0 aliphatic carbocycles. The summed E-state index contributed by atoms with van der Waals surface area (Å²) < 4.78 is 28.6. The minimum Gasteiger partial charge on any atom is -0.354 e. The fraction of sp³-hybridized carbons (Fsp3) is 0.400. The van der Waals surface area contributed by atoms with Gasteiger partial charge in [-0.2, -0.15) is 9.66 Å². The van der Waals surface area contributed by atoms with Crippen LogP contribution >= 0.6 is 0 Å². The predicted octanol–water partition coefficient (Wildman–Crippen LogP) is 2.90. The Bertz CT molecular complexity index is 977. The Morgan fingerprint density at radius 3 is 2.61 bits per heavy atom. The van der Waals surface area contributed by atoms with Gasteiger partial charge in [-0.15, -0.1) is 10.2 Å². The Kier molecular flexibility index (Phi) is 6.05. The fourth-order valence-corrected chi connectivity index (χ4v) is 4.14. The third-order valence-corrected chi connectivity index (χ3v) is 5.88. The maximum Gasteiger partial charge on any atom is 0.256 e. The lowest BCUT2D eigenvalue weighted by atomic mass is 10.0. The van der Waals surface area contributed by atoms with Gasteiger partial charge in [-0.05, 0) is 35.6 Å². The summed E-state index contributed by atoms with van der Waals surface area (Å²) in [5, 5.41) is 16.7. The van der Waals surface area contributed by atoms with Gasteiger partial charge in [0.2, 0.25) is 0 Å². The Hall–Kier alpha value is -2.79. The molecule has 1 aliphatic rings. The summed E-state index contributed by atoms with van der Waals surface area (Å²) in [5.74, 6) is 1.03. The summed E-state index contributed by atoms with van der Waals surface area (Å²) in [6.07, 6.45) is 2.33. The second-order valence-electron chi connectivity index (χ2n) is 7.26. The van der Waals surface area contributed by atoms with E-state index in [2.05, 4.69) is 28.4 Å². The summed E-state index contributed by atoms with van der Waals surface area (Å²) >= 11 is 0. The third-order valence-electron chi connectivity index (χ3n) is 4.74. The predicted molar refractivity (Wildman–Crippen MR) is 109 cm³/mol. The van der Waals surface area contributed by atoms with Gasteiger partial charge in [0.05, 0.1) is 5.75 Å². The molecule has 0 amide bonds. The van der Waals surface area contributed by atoms with E-state index in [9.17, 15) is 8.42 Å². The quantitative estimate of drug-likeness (QED) is 0.695. The van der Waals surface area contributed by atoms with Crippen LogP contribution in [-0.2, 0) is 15.8 Å². The number of nitrogens with zero attached hydrogens (tertiary/aromatic N) is 5. The Morgan fingerprint density at radius 2 is 2.00 bits per heavy atom. The topological polar surface area (TPSA) is 99.3 Å². The van der Waals surface area contributed by atoms with Gasteiger partial charge in [0.25, 0.3) is 10.0 Å². The van der Waals surface area contributed by atoms with Crippen LogP contribution in [0.2, 0.25) is 0 Å². The molecule has 1 fully saturated rings. The van der Waals surface area contributed by atoms with Gasteiger partial charge in [-0.25, -0.2) is 8.42 Å². The van der Waals surface area contributed by atoms with Gasteiger partial charge in [0.1, 0.15) is 6.07 Å². The number of hydrogen-bond donors (Lipinski definition) is 0. The fourth-order valence-electron chi connectivity index (χ4n) is 3.10. The first kappa shape index (κ1) is 20.0. The molecule has 7 nitrogen and oxygen atoms in total. The minimum atomic E-state index is -3.56. The molecule has 2 aromatic rings. The van der Waals surface area contributed by atoms with Crippen LogP contribution in [0.15, 0.2) is 40.8 Å². The van der Waals surface area contributed by atoms with Crippen molar-refractivity contribution in [1.29, 1.82) is 5.26 Å². The third kappa shape index (κ3) is 5.14. The summed E-state index contributed by atoms with van der Waals surface area (Å²) in [6, 6.07) is 12.9. The number of aromatic nitrogens is 2. The van der Waals surface area contributed by atoms with Crippen LogP contribution in [-0.4, -0.2) is 37.9 Å². The maximum atomic E-state index is 12.3. The molecule has 8 heteroatoms. The zero-order chi connectivity index (χ0) is 20.1. The van der Waals surface area contributed by atoms with Gasteiger partial charge in [0.15, 0.2) is 11.5 Å². The van der Waals surface area contributed by atoms with Crippen LogP contribution in [0.1, 0.15) is 43.0 Å². The largest absolute Gasteiger partial charge is 0.354 e. The van der Waals surface area contributed by atoms with E-state index >= 15 is 0 Å². The molecule has 28 heavy (non-hydrogen) atoms. The van der Waals surface area contributed by atoms with Crippen LogP contribution in [0.25, 0.3) is 0 Å². The minimum absolute atomic E-state index is 0.0375. The van der Waals surface area contributed by atoms with E-state index in [1.807, 2.05) is 35.2 Å². The van der Waals surface area contributed by atoms with Crippen LogP contribution < -0.4 is 4.90 Å². The lowest BCUT2D eigenvalue weighted by molar-refractivity contribution is 0.597. The normalized spacial score (nSPS) is 17.4. The van der Waals surface area contributed by atoms with E-state index in [4.69, 9.17) is 5.26 Å². The number of hydrogen-bond acceptors (Lipinski definition) is 6.